The Morgan fingerprint density at radius 1 is 1.18 bits per heavy atom. The second-order valence-corrected chi connectivity index (χ2v) is 7.24. The highest BCUT2D eigenvalue weighted by atomic mass is 32.1. The van der Waals surface area contributed by atoms with Crippen molar-refractivity contribution in [2.24, 2.45) is 0 Å². The van der Waals surface area contributed by atoms with Crippen molar-refractivity contribution in [1.82, 2.24) is 9.97 Å². The summed E-state index contributed by atoms with van der Waals surface area (Å²) in [7, 11) is 0. The molecule has 1 N–H and O–H groups in total. The van der Waals surface area contributed by atoms with Gasteiger partial charge in [0.25, 0.3) is 5.91 Å². The number of carbonyl (C=O) groups is 2. The summed E-state index contributed by atoms with van der Waals surface area (Å²) in [5, 5.41) is 5.07. The van der Waals surface area contributed by atoms with Crippen LogP contribution in [0.3, 0.4) is 0 Å². The summed E-state index contributed by atoms with van der Waals surface area (Å²) >= 11 is 1.30. The predicted molar refractivity (Wildman–Crippen MR) is 110 cm³/mol. The highest BCUT2D eigenvalue weighted by molar-refractivity contribution is 7.22. The van der Waals surface area contributed by atoms with Gasteiger partial charge in [-0.2, -0.15) is 0 Å². The summed E-state index contributed by atoms with van der Waals surface area (Å²) in [6.45, 7) is 4.04. The van der Waals surface area contributed by atoms with Crippen LogP contribution in [0.5, 0.6) is 0 Å². The molecule has 140 valence electrons. The van der Waals surface area contributed by atoms with Crippen LogP contribution in [0.25, 0.3) is 21.0 Å². The number of nitrogens with one attached hydrogen (secondary N) is 1. The Morgan fingerprint density at radius 2 is 2.04 bits per heavy atom. The molecule has 4 rings (SSSR count). The fourth-order valence-corrected chi connectivity index (χ4v) is 3.96. The van der Waals surface area contributed by atoms with Gasteiger partial charge in [-0.25, -0.2) is 9.78 Å². The van der Waals surface area contributed by atoms with Crippen LogP contribution in [-0.2, 0) is 4.74 Å². The number of benzene rings is 2. The third-order valence-electron chi connectivity index (χ3n) is 4.33. The molecule has 2 heterocycles. The standard InChI is InChI=1S/C21H17N3O3S/c1-3-27-20(26)14-7-8-15-16(11-14)28-21(23-15)24-19(25)18-17-12(2)5-4-6-13(17)9-10-22-18/h4-11H,3H2,1-2H3,(H,23,24,25). The zero-order valence-corrected chi connectivity index (χ0v) is 16.2. The van der Waals surface area contributed by atoms with Crippen LogP contribution in [0, 0.1) is 6.92 Å². The topological polar surface area (TPSA) is 81.2 Å². The minimum Gasteiger partial charge on any atom is -0.462 e. The van der Waals surface area contributed by atoms with Crippen LogP contribution in [0.1, 0.15) is 33.3 Å². The first kappa shape index (κ1) is 18.1. The molecule has 0 saturated heterocycles. The van der Waals surface area contributed by atoms with Gasteiger partial charge in [0.2, 0.25) is 0 Å². The summed E-state index contributed by atoms with van der Waals surface area (Å²) < 4.78 is 5.82. The lowest BCUT2D eigenvalue weighted by molar-refractivity contribution is 0.0526. The average molecular weight is 391 g/mol. The van der Waals surface area contributed by atoms with Crippen molar-refractivity contribution in [1.29, 1.82) is 0 Å². The second kappa shape index (κ2) is 7.36. The third kappa shape index (κ3) is 3.32. The maximum atomic E-state index is 12.8. The average Bonchev–Trinajstić information content (AvgIpc) is 3.09. The van der Waals surface area contributed by atoms with Crippen molar-refractivity contribution in [2.45, 2.75) is 13.8 Å². The molecule has 1 amide bonds. The fraction of sp³-hybridized carbons (Fsp3) is 0.143. The largest absolute Gasteiger partial charge is 0.462 e. The van der Waals surface area contributed by atoms with Crippen LogP contribution in [-0.4, -0.2) is 28.5 Å². The highest BCUT2D eigenvalue weighted by Crippen LogP contribution is 2.28. The molecule has 4 aromatic rings. The first-order valence-electron chi connectivity index (χ1n) is 8.80. The van der Waals surface area contributed by atoms with Crippen LogP contribution < -0.4 is 5.32 Å². The van der Waals surface area contributed by atoms with Gasteiger partial charge in [0, 0.05) is 11.6 Å². The molecule has 0 fully saturated rings. The summed E-state index contributed by atoms with van der Waals surface area (Å²) in [6, 6.07) is 12.9. The van der Waals surface area contributed by atoms with Crippen LogP contribution >= 0.6 is 11.3 Å². The van der Waals surface area contributed by atoms with Crippen molar-refractivity contribution >= 4 is 49.3 Å². The Bertz CT molecular complexity index is 1210. The van der Waals surface area contributed by atoms with Gasteiger partial charge in [-0.05, 0) is 49.1 Å². The number of rotatable bonds is 4. The Kier molecular flexibility index (Phi) is 4.75. The number of pyridine rings is 1. The number of thiazole rings is 1. The number of hydrogen-bond donors (Lipinski definition) is 1. The molecule has 6 nitrogen and oxygen atoms in total. The number of fused-ring (bicyclic) bond motifs is 2. The molecular formula is C21H17N3O3S. The van der Waals surface area contributed by atoms with E-state index in [1.807, 2.05) is 31.2 Å². The Labute approximate surface area is 165 Å². The van der Waals surface area contributed by atoms with E-state index in [0.29, 0.717) is 28.5 Å². The van der Waals surface area contributed by atoms with E-state index in [-0.39, 0.29) is 11.9 Å². The number of carbonyl (C=O) groups excluding carboxylic acids is 2. The van der Waals surface area contributed by atoms with E-state index < -0.39 is 0 Å². The maximum Gasteiger partial charge on any atom is 0.338 e. The molecule has 0 radical (unpaired) electrons. The smallest absolute Gasteiger partial charge is 0.338 e. The number of aryl methyl sites for hydroxylation is 1. The molecule has 0 unspecified atom stereocenters. The Balaban J connectivity index is 1.65. The zero-order valence-electron chi connectivity index (χ0n) is 15.4. The predicted octanol–water partition coefficient (Wildman–Crippen LogP) is 4.58. The number of nitrogens with zero attached hydrogens (tertiary/aromatic N) is 2. The third-order valence-corrected chi connectivity index (χ3v) is 5.27. The number of aromatic nitrogens is 2. The number of amides is 1. The van der Waals surface area contributed by atoms with Gasteiger partial charge in [-0.15, -0.1) is 0 Å². The van der Waals surface area contributed by atoms with E-state index in [1.54, 1.807) is 31.3 Å². The minimum atomic E-state index is -0.376. The van der Waals surface area contributed by atoms with E-state index in [0.717, 1.165) is 21.0 Å². The number of hydrogen-bond acceptors (Lipinski definition) is 6. The van der Waals surface area contributed by atoms with Crippen LogP contribution in [0.15, 0.2) is 48.7 Å². The molecular weight excluding hydrogens is 374 g/mol. The molecule has 0 aliphatic heterocycles. The molecule has 2 aromatic heterocycles. The maximum absolute atomic E-state index is 12.8. The second-order valence-electron chi connectivity index (χ2n) is 6.21. The molecule has 0 aliphatic rings. The summed E-state index contributed by atoms with van der Waals surface area (Å²) in [6.07, 6.45) is 1.63. The van der Waals surface area contributed by atoms with Gasteiger partial charge in [-0.3, -0.25) is 15.1 Å². The minimum absolute atomic E-state index is 0.315. The number of anilines is 1. The van der Waals surface area contributed by atoms with E-state index >= 15 is 0 Å². The number of esters is 1. The van der Waals surface area contributed by atoms with E-state index in [4.69, 9.17) is 4.74 Å². The lowest BCUT2D eigenvalue weighted by Crippen LogP contribution is -2.14. The normalized spacial score (nSPS) is 10.9. The summed E-state index contributed by atoms with van der Waals surface area (Å²) in [5.74, 6) is -0.691. The summed E-state index contributed by atoms with van der Waals surface area (Å²) in [4.78, 5) is 33.4. The monoisotopic (exact) mass is 391 g/mol. The lowest BCUT2D eigenvalue weighted by atomic mass is 10.0. The van der Waals surface area contributed by atoms with E-state index in [2.05, 4.69) is 15.3 Å². The molecule has 28 heavy (non-hydrogen) atoms. The highest BCUT2D eigenvalue weighted by Gasteiger charge is 2.16. The van der Waals surface area contributed by atoms with Crippen molar-refractivity contribution in [2.75, 3.05) is 11.9 Å². The fourth-order valence-electron chi connectivity index (χ4n) is 3.06. The first-order valence-corrected chi connectivity index (χ1v) is 9.62. The van der Waals surface area contributed by atoms with E-state index in [9.17, 15) is 9.59 Å². The quantitative estimate of drug-likeness (QED) is 0.515. The Hall–Kier alpha value is -3.32. The molecule has 0 saturated carbocycles. The van der Waals surface area contributed by atoms with Crippen LogP contribution in [0.2, 0.25) is 0 Å². The van der Waals surface area contributed by atoms with Gasteiger partial charge < -0.3 is 4.74 Å². The summed E-state index contributed by atoms with van der Waals surface area (Å²) in [5.41, 5.74) is 2.51. The van der Waals surface area contributed by atoms with Gasteiger partial charge in [-0.1, -0.05) is 29.5 Å². The SMILES string of the molecule is CCOC(=O)c1ccc2nc(NC(=O)c3nccc4cccc(C)c34)sc2c1. The number of ether oxygens (including phenoxy) is 1. The molecule has 0 bridgehead atoms. The van der Waals surface area contributed by atoms with Crippen molar-refractivity contribution in [3.63, 3.8) is 0 Å². The van der Waals surface area contributed by atoms with Crippen molar-refractivity contribution in [3.8, 4) is 0 Å². The van der Waals surface area contributed by atoms with Crippen molar-refractivity contribution < 1.29 is 14.3 Å². The van der Waals surface area contributed by atoms with Gasteiger partial charge in [0.1, 0.15) is 5.69 Å². The van der Waals surface area contributed by atoms with Gasteiger partial charge >= 0.3 is 5.97 Å². The molecule has 0 aliphatic carbocycles. The van der Waals surface area contributed by atoms with Crippen molar-refractivity contribution in [3.05, 3.63) is 65.5 Å². The molecule has 0 spiro atoms. The van der Waals surface area contributed by atoms with E-state index in [1.165, 1.54) is 11.3 Å². The van der Waals surface area contributed by atoms with Gasteiger partial charge in [0.15, 0.2) is 5.13 Å². The van der Waals surface area contributed by atoms with Gasteiger partial charge in [0.05, 0.1) is 22.4 Å². The first-order chi connectivity index (χ1) is 13.6. The Morgan fingerprint density at radius 3 is 2.86 bits per heavy atom. The zero-order chi connectivity index (χ0) is 19.7. The molecule has 0 atom stereocenters. The molecule has 2 aromatic carbocycles. The molecule has 7 heteroatoms. The lowest BCUT2D eigenvalue weighted by Gasteiger charge is -2.07. The van der Waals surface area contributed by atoms with Crippen LogP contribution in [0.4, 0.5) is 5.13 Å².